The van der Waals surface area contributed by atoms with E-state index in [0.717, 1.165) is 52.8 Å². The third-order valence-corrected chi connectivity index (χ3v) is 6.93. The molecule has 1 amide bonds. The second kappa shape index (κ2) is 7.14. The molecule has 0 spiro atoms. The highest BCUT2D eigenvalue weighted by molar-refractivity contribution is 7.15. The molecule has 1 atom stereocenters. The summed E-state index contributed by atoms with van der Waals surface area (Å²) in [7, 11) is 2.15. The van der Waals surface area contributed by atoms with E-state index in [1.54, 1.807) is 11.3 Å². The van der Waals surface area contributed by atoms with E-state index >= 15 is 0 Å². The Labute approximate surface area is 168 Å². The van der Waals surface area contributed by atoms with Gasteiger partial charge < -0.3 is 10.2 Å². The fraction of sp³-hybridized carbons (Fsp3) is 0.381. The molecule has 2 aromatic heterocycles. The summed E-state index contributed by atoms with van der Waals surface area (Å²) in [5.74, 6) is 0.964. The van der Waals surface area contributed by atoms with Crippen molar-refractivity contribution in [2.45, 2.75) is 31.2 Å². The molecular weight excluding hydrogens is 370 g/mol. The summed E-state index contributed by atoms with van der Waals surface area (Å²) in [6.45, 7) is 2.12. The van der Waals surface area contributed by atoms with Gasteiger partial charge >= 0.3 is 0 Å². The van der Waals surface area contributed by atoms with E-state index in [0.29, 0.717) is 12.5 Å². The number of carbonyl (C=O) groups is 1. The van der Waals surface area contributed by atoms with E-state index in [9.17, 15) is 4.79 Å². The predicted molar refractivity (Wildman–Crippen MR) is 111 cm³/mol. The summed E-state index contributed by atoms with van der Waals surface area (Å²) >= 11 is 1.67. The molecule has 1 aromatic carbocycles. The van der Waals surface area contributed by atoms with Gasteiger partial charge in [-0.1, -0.05) is 30.3 Å². The van der Waals surface area contributed by atoms with Crippen molar-refractivity contribution in [3.8, 4) is 10.6 Å². The third-order valence-electron chi connectivity index (χ3n) is 5.77. The van der Waals surface area contributed by atoms with Crippen molar-refractivity contribution < 1.29 is 4.79 Å². The summed E-state index contributed by atoms with van der Waals surface area (Å²) in [5, 5.41) is 8.77. The molecule has 5 rings (SSSR count). The van der Waals surface area contributed by atoms with Crippen molar-refractivity contribution in [2.24, 2.45) is 0 Å². The maximum absolute atomic E-state index is 12.5. The first-order valence-electron chi connectivity index (χ1n) is 9.76. The molecule has 3 aromatic rings. The Morgan fingerprint density at radius 3 is 2.71 bits per heavy atom. The van der Waals surface area contributed by atoms with Crippen molar-refractivity contribution in [1.29, 1.82) is 0 Å². The normalized spacial score (nSPS) is 20.8. The van der Waals surface area contributed by atoms with Crippen LogP contribution < -0.4 is 5.32 Å². The van der Waals surface area contributed by atoms with Crippen LogP contribution in [-0.4, -0.2) is 45.7 Å². The van der Waals surface area contributed by atoms with Crippen LogP contribution in [0.15, 0.2) is 42.7 Å². The first-order valence-corrected chi connectivity index (χ1v) is 10.6. The summed E-state index contributed by atoms with van der Waals surface area (Å²) < 4.78 is 2.05. The molecule has 6 nitrogen and oxygen atoms in total. The number of piperidine rings is 1. The number of fused-ring (bicyclic) bond motifs is 1. The molecule has 2 aliphatic rings. The average molecular weight is 394 g/mol. The lowest BCUT2D eigenvalue weighted by atomic mass is 9.93. The first-order chi connectivity index (χ1) is 13.7. The lowest BCUT2D eigenvalue weighted by molar-refractivity contribution is -0.116. The lowest BCUT2D eigenvalue weighted by Crippen LogP contribution is -2.33. The van der Waals surface area contributed by atoms with Crippen molar-refractivity contribution in [3.63, 3.8) is 0 Å². The second-order valence-electron chi connectivity index (χ2n) is 7.67. The molecule has 28 heavy (non-hydrogen) atoms. The lowest BCUT2D eigenvalue weighted by Gasteiger charge is -2.31. The van der Waals surface area contributed by atoms with Gasteiger partial charge in [-0.05, 0) is 33.0 Å². The fourth-order valence-corrected chi connectivity index (χ4v) is 5.21. The first kappa shape index (κ1) is 17.6. The Balaban J connectivity index is 1.47. The third kappa shape index (κ3) is 3.14. The van der Waals surface area contributed by atoms with E-state index in [2.05, 4.69) is 39.5 Å². The Kier molecular flexibility index (Phi) is 4.49. The maximum atomic E-state index is 12.5. The van der Waals surface area contributed by atoms with Crippen LogP contribution in [0.3, 0.4) is 0 Å². The number of likely N-dealkylation sites (tertiary alicyclic amines) is 1. The standard InChI is InChI=1S/C21H23N5OS/c1-25-9-7-15(8-10-25)26-20-17(12-23-26)16(11-19(27)24-20)18-13-22-21(28-18)14-5-3-2-4-6-14/h2-6,12-13,15-16H,7-11H2,1H3,(H,24,27). The van der Waals surface area contributed by atoms with Gasteiger partial charge in [-0.15, -0.1) is 11.3 Å². The molecule has 0 saturated carbocycles. The van der Waals surface area contributed by atoms with Gasteiger partial charge in [-0.2, -0.15) is 5.10 Å². The van der Waals surface area contributed by atoms with Gasteiger partial charge in [0.1, 0.15) is 10.8 Å². The Bertz CT molecular complexity index is 987. The van der Waals surface area contributed by atoms with Gasteiger partial charge in [0, 0.05) is 34.5 Å². The minimum absolute atomic E-state index is 0.0266. The van der Waals surface area contributed by atoms with E-state index in [1.165, 1.54) is 0 Å². The summed E-state index contributed by atoms with van der Waals surface area (Å²) in [6, 6.07) is 10.5. The Hall–Kier alpha value is -2.51. The molecule has 1 fully saturated rings. The van der Waals surface area contributed by atoms with Crippen LogP contribution in [0.25, 0.3) is 10.6 Å². The SMILES string of the molecule is CN1CCC(n2ncc3c2NC(=O)CC3c2cnc(-c3ccccc3)s2)CC1. The number of rotatable bonds is 3. The number of hydrogen-bond donors (Lipinski definition) is 1. The molecule has 0 radical (unpaired) electrons. The van der Waals surface area contributed by atoms with Crippen LogP contribution in [0.1, 0.15) is 41.7 Å². The number of amides is 1. The zero-order valence-corrected chi connectivity index (χ0v) is 16.7. The predicted octanol–water partition coefficient (Wildman–Crippen LogP) is 3.75. The summed E-state index contributed by atoms with van der Waals surface area (Å²) in [6.07, 6.45) is 6.43. The van der Waals surface area contributed by atoms with Gasteiger partial charge in [0.25, 0.3) is 0 Å². The second-order valence-corrected chi connectivity index (χ2v) is 8.73. The topological polar surface area (TPSA) is 63.1 Å². The van der Waals surface area contributed by atoms with Gasteiger partial charge in [0.15, 0.2) is 0 Å². The highest BCUT2D eigenvalue weighted by Crippen LogP contribution is 2.42. The zero-order chi connectivity index (χ0) is 19.1. The quantitative estimate of drug-likeness (QED) is 0.736. The Morgan fingerprint density at radius 1 is 1.14 bits per heavy atom. The van der Waals surface area contributed by atoms with Gasteiger partial charge in [0.2, 0.25) is 5.91 Å². The van der Waals surface area contributed by atoms with Crippen LogP contribution in [0.2, 0.25) is 0 Å². The number of nitrogens with zero attached hydrogens (tertiary/aromatic N) is 4. The van der Waals surface area contributed by atoms with E-state index in [1.807, 2.05) is 35.3 Å². The number of anilines is 1. The van der Waals surface area contributed by atoms with Crippen molar-refractivity contribution in [1.82, 2.24) is 19.7 Å². The maximum Gasteiger partial charge on any atom is 0.226 e. The summed E-state index contributed by atoms with van der Waals surface area (Å²) in [4.78, 5) is 20.6. The van der Waals surface area contributed by atoms with Crippen LogP contribution >= 0.6 is 11.3 Å². The molecule has 0 aliphatic carbocycles. The number of benzene rings is 1. The van der Waals surface area contributed by atoms with E-state index < -0.39 is 0 Å². The van der Waals surface area contributed by atoms with E-state index in [4.69, 9.17) is 0 Å². The van der Waals surface area contributed by atoms with Crippen LogP contribution in [-0.2, 0) is 4.79 Å². The van der Waals surface area contributed by atoms with Crippen LogP contribution in [0.4, 0.5) is 5.82 Å². The summed E-state index contributed by atoms with van der Waals surface area (Å²) in [5.41, 5.74) is 2.23. The number of carbonyl (C=O) groups excluding carboxylic acids is 1. The molecule has 0 bridgehead atoms. The van der Waals surface area contributed by atoms with Crippen molar-refractivity contribution in [2.75, 3.05) is 25.5 Å². The number of hydrogen-bond acceptors (Lipinski definition) is 5. The fourth-order valence-electron chi connectivity index (χ4n) is 4.17. The highest BCUT2D eigenvalue weighted by Gasteiger charge is 2.33. The van der Waals surface area contributed by atoms with Crippen LogP contribution in [0, 0.1) is 0 Å². The smallest absolute Gasteiger partial charge is 0.226 e. The van der Waals surface area contributed by atoms with E-state index in [-0.39, 0.29) is 11.8 Å². The molecular formula is C21H23N5OS. The largest absolute Gasteiger partial charge is 0.311 e. The molecule has 1 unspecified atom stereocenters. The number of thiazole rings is 1. The van der Waals surface area contributed by atoms with Crippen molar-refractivity contribution in [3.05, 3.63) is 53.2 Å². The van der Waals surface area contributed by atoms with Gasteiger partial charge in [0.05, 0.1) is 12.2 Å². The number of nitrogens with one attached hydrogen (secondary N) is 1. The molecule has 2 aliphatic heterocycles. The van der Waals surface area contributed by atoms with Crippen molar-refractivity contribution >= 4 is 23.1 Å². The van der Waals surface area contributed by atoms with Gasteiger partial charge in [-0.25, -0.2) is 9.67 Å². The molecule has 7 heteroatoms. The molecule has 1 saturated heterocycles. The highest BCUT2D eigenvalue weighted by atomic mass is 32.1. The van der Waals surface area contributed by atoms with Crippen LogP contribution in [0.5, 0.6) is 0 Å². The monoisotopic (exact) mass is 393 g/mol. The number of aromatic nitrogens is 3. The molecule has 4 heterocycles. The molecule has 1 N–H and O–H groups in total. The Morgan fingerprint density at radius 2 is 1.93 bits per heavy atom. The average Bonchev–Trinajstić information content (AvgIpc) is 3.36. The minimum atomic E-state index is 0.0266. The molecule has 144 valence electrons. The zero-order valence-electron chi connectivity index (χ0n) is 15.8. The minimum Gasteiger partial charge on any atom is -0.311 e. The van der Waals surface area contributed by atoms with Gasteiger partial charge in [-0.3, -0.25) is 4.79 Å².